The number of Topliss-reactive ketones (excluding diaryl/α,β-unsaturated/α-hetero) is 2. The highest BCUT2D eigenvalue weighted by Gasteiger charge is 2.15. The third-order valence-corrected chi connectivity index (χ3v) is 4.03. The number of hydrogen-bond donors (Lipinski definition) is 0. The fraction of sp³-hybridized carbons (Fsp3) is 0.200. The Balaban J connectivity index is 0.000000131. The Morgan fingerprint density at radius 1 is 0.727 bits per heavy atom. The lowest BCUT2D eigenvalue weighted by atomic mass is 9.91. The Labute approximate surface area is 130 Å². The number of aryl methyl sites for hydroxylation is 1. The number of allylic oxidation sites excluding steroid dienone is 1. The number of ketones is 2. The van der Waals surface area contributed by atoms with E-state index < -0.39 is 0 Å². The summed E-state index contributed by atoms with van der Waals surface area (Å²) in [4.78, 5) is 22.5. The van der Waals surface area contributed by atoms with Crippen LogP contribution >= 0.6 is 0 Å². The van der Waals surface area contributed by atoms with Crippen molar-refractivity contribution in [3.63, 3.8) is 0 Å². The van der Waals surface area contributed by atoms with Crippen LogP contribution in [-0.4, -0.2) is 11.6 Å². The number of rotatable bonds is 0. The average Bonchev–Trinajstić information content (AvgIpc) is 2.57. The number of carbonyl (C=O) groups is 2. The van der Waals surface area contributed by atoms with Gasteiger partial charge in [0.2, 0.25) is 0 Å². The molecule has 0 heterocycles. The van der Waals surface area contributed by atoms with Crippen molar-refractivity contribution in [3.8, 4) is 0 Å². The molecule has 2 aliphatic carbocycles. The Bertz CT molecular complexity index is 741. The molecule has 2 heteroatoms. The zero-order chi connectivity index (χ0) is 15.4. The molecule has 0 bridgehead atoms. The molecule has 0 radical (unpaired) electrons. The first kappa shape index (κ1) is 14.5. The van der Waals surface area contributed by atoms with Crippen LogP contribution in [-0.2, 0) is 6.42 Å². The van der Waals surface area contributed by atoms with E-state index in [1.54, 1.807) is 0 Å². The van der Waals surface area contributed by atoms with Gasteiger partial charge in [-0.3, -0.25) is 9.59 Å². The van der Waals surface area contributed by atoms with Crippen LogP contribution in [0.5, 0.6) is 0 Å². The predicted octanol–water partition coefficient (Wildman–Crippen LogP) is 4.49. The van der Waals surface area contributed by atoms with Crippen molar-refractivity contribution in [2.24, 2.45) is 0 Å². The van der Waals surface area contributed by atoms with E-state index in [2.05, 4.69) is 0 Å². The van der Waals surface area contributed by atoms with Gasteiger partial charge in [-0.1, -0.05) is 60.7 Å². The quantitative estimate of drug-likeness (QED) is 0.716. The van der Waals surface area contributed by atoms with Gasteiger partial charge in [0.15, 0.2) is 11.6 Å². The summed E-state index contributed by atoms with van der Waals surface area (Å²) in [5.41, 5.74) is 4.07. The van der Waals surface area contributed by atoms with Crippen molar-refractivity contribution in [2.75, 3.05) is 0 Å². The predicted molar refractivity (Wildman–Crippen MR) is 88.1 cm³/mol. The highest BCUT2D eigenvalue weighted by Crippen LogP contribution is 2.20. The molecule has 0 aliphatic heterocycles. The van der Waals surface area contributed by atoms with E-state index >= 15 is 0 Å². The van der Waals surface area contributed by atoms with E-state index in [1.165, 1.54) is 5.56 Å². The van der Waals surface area contributed by atoms with Gasteiger partial charge in [-0.05, 0) is 24.0 Å². The molecule has 0 spiro atoms. The number of carbonyl (C=O) groups excluding carboxylic acids is 2. The first-order valence-corrected chi connectivity index (χ1v) is 7.65. The maximum atomic E-state index is 11.3. The topological polar surface area (TPSA) is 34.1 Å². The lowest BCUT2D eigenvalue weighted by Gasteiger charge is -2.12. The summed E-state index contributed by atoms with van der Waals surface area (Å²) in [6, 6.07) is 15.6. The standard InChI is InChI=1S/C10H10O.C10H8O/c2*11-10-7-3-5-8-4-1-2-6-9(8)10/h1-2,4,6H,3,5,7H2;1-6H,7H2. The number of benzene rings is 2. The van der Waals surface area contributed by atoms with Crippen LogP contribution in [0, 0.1) is 0 Å². The summed E-state index contributed by atoms with van der Waals surface area (Å²) in [6.45, 7) is 0. The van der Waals surface area contributed by atoms with Gasteiger partial charge in [-0.2, -0.15) is 0 Å². The summed E-state index contributed by atoms with van der Waals surface area (Å²) in [5.74, 6) is 0.537. The molecule has 0 saturated heterocycles. The highest BCUT2D eigenvalue weighted by molar-refractivity contribution is 6.02. The molecule has 22 heavy (non-hydrogen) atoms. The van der Waals surface area contributed by atoms with E-state index in [0.717, 1.165) is 36.0 Å². The molecule has 2 aliphatic rings. The molecule has 2 aromatic rings. The number of fused-ring (bicyclic) bond motifs is 2. The Morgan fingerprint density at radius 2 is 1.45 bits per heavy atom. The second-order valence-electron chi connectivity index (χ2n) is 5.55. The third-order valence-electron chi connectivity index (χ3n) is 4.03. The molecule has 2 aromatic carbocycles. The van der Waals surface area contributed by atoms with Crippen molar-refractivity contribution in [2.45, 2.75) is 25.7 Å². The lowest BCUT2D eigenvalue weighted by Crippen LogP contribution is -2.09. The maximum Gasteiger partial charge on any atom is 0.167 e. The minimum Gasteiger partial charge on any atom is -0.294 e. The van der Waals surface area contributed by atoms with Crippen LogP contribution in [0.25, 0.3) is 6.08 Å². The second-order valence-corrected chi connectivity index (χ2v) is 5.55. The van der Waals surface area contributed by atoms with E-state index in [0.29, 0.717) is 12.2 Å². The van der Waals surface area contributed by atoms with Crippen LogP contribution in [0.2, 0.25) is 0 Å². The number of hydrogen-bond acceptors (Lipinski definition) is 2. The maximum absolute atomic E-state index is 11.3. The monoisotopic (exact) mass is 290 g/mol. The van der Waals surface area contributed by atoms with Crippen LogP contribution in [0.4, 0.5) is 0 Å². The molecule has 0 unspecified atom stereocenters. The second kappa shape index (κ2) is 6.52. The van der Waals surface area contributed by atoms with Crippen molar-refractivity contribution >= 4 is 17.6 Å². The van der Waals surface area contributed by atoms with Crippen molar-refractivity contribution in [3.05, 3.63) is 76.9 Å². The van der Waals surface area contributed by atoms with E-state index in [9.17, 15) is 9.59 Å². The zero-order valence-corrected chi connectivity index (χ0v) is 12.4. The van der Waals surface area contributed by atoms with Gasteiger partial charge in [-0.25, -0.2) is 0 Å². The van der Waals surface area contributed by atoms with Crippen molar-refractivity contribution in [1.82, 2.24) is 0 Å². The van der Waals surface area contributed by atoms with Crippen LogP contribution in [0.1, 0.15) is 51.1 Å². The van der Waals surface area contributed by atoms with Gasteiger partial charge in [0.05, 0.1) is 0 Å². The molecular formula is C20H18O2. The van der Waals surface area contributed by atoms with E-state index in [-0.39, 0.29) is 5.78 Å². The molecule has 4 rings (SSSR count). The van der Waals surface area contributed by atoms with Gasteiger partial charge in [0.25, 0.3) is 0 Å². The third kappa shape index (κ3) is 3.06. The normalized spacial score (nSPS) is 15.5. The van der Waals surface area contributed by atoms with Crippen LogP contribution in [0.15, 0.2) is 54.6 Å². The molecule has 0 amide bonds. The summed E-state index contributed by atoms with van der Waals surface area (Å²) in [7, 11) is 0. The molecule has 0 saturated carbocycles. The summed E-state index contributed by atoms with van der Waals surface area (Å²) >= 11 is 0. The van der Waals surface area contributed by atoms with Crippen molar-refractivity contribution in [1.29, 1.82) is 0 Å². The zero-order valence-electron chi connectivity index (χ0n) is 12.4. The van der Waals surface area contributed by atoms with Gasteiger partial charge < -0.3 is 0 Å². The molecule has 110 valence electrons. The smallest absolute Gasteiger partial charge is 0.167 e. The first-order chi connectivity index (χ1) is 10.8. The molecule has 0 aromatic heterocycles. The summed E-state index contributed by atoms with van der Waals surface area (Å²) < 4.78 is 0. The van der Waals surface area contributed by atoms with Crippen LogP contribution in [0.3, 0.4) is 0 Å². The van der Waals surface area contributed by atoms with E-state index in [4.69, 9.17) is 0 Å². The Hall–Kier alpha value is -2.48. The molecule has 0 N–H and O–H groups in total. The summed E-state index contributed by atoms with van der Waals surface area (Å²) in [5, 5.41) is 0. The molecule has 0 fully saturated rings. The fourth-order valence-corrected chi connectivity index (χ4v) is 2.88. The Kier molecular flexibility index (Phi) is 4.29. The van der Waals surface area contributed by atoms with E-state index in [1.807, 2.05) is 60.7 Å². The summed E-state index contributed by atoms with van der Waals surface area (Å²) in [6.07, 6.45) is 7.28. The van der Waals surface area contributed by atoms with Crippen molar-refractivity contribution < 1.29 is 9.59 Å². The average molecular weight is 290 g/mol. The van der Waals surface area contributed by atoms with Gasteiger partial charge in [0, 0.05) is 24.0 Å². The highest BCUT2D eigenvalue weighted by atomic mass is 16.1. The largest absolute Gasteiger partial charge is 0.294 e. The van der Waals surface area contributed by atoms with Gasteiger partial charge in [0.1, 0.15) is 0 Å². The van der Waals surface area contributed by atoms with Crippen LogP contribution < -0.4 is 0 Å². The SMILES string of the molecule is O=C1CC=Cc2ccccc21.O=C1CCCc2ccccc21. The minimum atomic E-state index is 0.225. The van der Waals surface area contributed by atoms with Gasteiger partial charge >= 0.3 is 0 Å². The lowest BCUT2D eigenvalue weighted by molar-refractivity contribution is 0.0970. The molecule has 2 nitrogen and oxygen atoms in total. The van der Waals surface area contributed by atoms with Gasteiger partial charge in [-0.15, -0.1) is 0 Å². The Morgan fingerprint density at radius 3 is 2.23 bits per heavy atom. The first-order valence-electron chi connectivity index (χ1n) is 7.65. The molecular weight excluding hydrogens is 272 g/mol. The fourth-order valence-electron chi connectivity index (χ4n) is 2.88. The molecule has 0 atom stereocenters. The minimum absolute atomic E-state index is 0.225.